The van der Waals surface area contributed by atoms with Crippen molar-refractivity contribution in [1.82, 2.24) is 10.2 Å². The Balaban J connectivity index is 2.02. The van der Waals surface area contributed by atoms with E-state index in [2.05, 4.69) is 5.32 Å². The van der Waals surface area contributed by atoms with Gasteiger partial charge in [0.1, 0.15) is 0 Å². The highest BCUT2D eigenvalue weighted by atomic mass is 16.4. The molecule has 2 aliphatic rings. The molecule has 0 unspecified atom stereocenters. The summed E-state index contributed by atoms with van der Waals surface area (Å²) < 4.78 is 0. The smallest absolute Gasteiger partial charge is 0.308 e. The summed E-state index contributed by atoms with van der Waals surface area (Å²) >= 11 is 0. The van der Waals surface area contributed by atoms with E-state index in [9.17, 15) is 9.59 Å². The Kier molecular flexibility index (Phi) is 3.47. The van der Waals surface area contributed by atoms with Gasteiger partial charge in [0, 0.05) is 31.8 Å². The lowest BCUT2D eigenvalue weighted by molar-refractivity contribution is -0.145. The maximum absolute atomic E-state index is 12.1. The molecule has 2 fully saturated rings. The van der Waals surface area contributed by atoms with Gasteiger partial charge in [0.25, 0.3) is 0 Å². The van der Waals surface area contributed by atoms with E-state index in [1.807, 2.05) is 6.92 Å². The van der Waals surface area contributed by atoms with Gasteiger partial charge in [-0.2, -0.15) is 0 Å². The molecule has 17 heavy (non-hydrogen) atoms. The predicted molar refractivity (Wildman–Crippen MR) is 62.5 cm³/mol. The first-order chi connectivity index (χ1) is 8.09. The van der Waals surface area contributed by atoms with Gasteiger partial charge < -0.3 is 15.3 Å². The summed E-state index contributed by atoms with van der Waals surface area (Å²) in [6, 6.07) is 0. The van der Waals surface area contributed by atoms with Crippen LogP contribution in [0.3, 0.4) is 0 Å². The summed E-state index contributed by atoms with van der Waals surface area (Å²) in [5, 5.41) is 12.1. The number of amides is 1. The maximum Gasteiger partial charge on any atom is 0.308 e. The van der Waals surface area contributed by atoms with Crippen molar-refractivity contribution in [3.05, 3.63) is 11.1 Å². The predicted octanol–water partition coefficient (Wildman–Crippen LogP) is 0.229. The summed E-state index contributed by atoms with van der Waals surface area (Å²) in [7, 11) is 0. The van der Waals surface area contributed by atoms with E-state index >= 15 is 0 Å². The second kappa shape index (κ2) is 4.87. The molecule has 2 saturated heterocycles. The molecule has 0 spiro atoms. The van der Waals surface area contributed by atoms with Gasteiger partial charge in [-0.3, -0.25) is 9.59 Å². The first kappa shape index (κ1) is 12.1. The van der Waals surface area contributed by atoms with E-state index in [1.165, 1.54) is 0 Å². The molecule has 2 N–H and O–H groups in total. The highest BCUT2D eigenvalue weighted by Crippen LogP contribution is 2.20. The molecule has 94 valence electrons. The topological polar surface area (TPSA) is 69.6 Å². The second-order valence-electron chi connectivity index (χ2n) is 4.76. The van der Waals surface area contributed by atoms with Gasteiger partial charge in [-0.05, 0) is 25.3 Å². The first-order valence-electron chi connectivity index (χ1n) is 6.01. The van der Waals surface area contributed by atoms with E-state index in [0.29, 0.717) is 19.5 Å². The van der Waals surface area contributed by atoms with Gasteiger partial charge >= 0.3 is 5.97 Å². The monoisotopic (exact) mass is 238 g/mol. The number of carboxylic acids is 1. The molecule has 0 aromatic rings. The molecule has 0 radical (unpaired) electrons. The molecule has 5 heteroatoms. The van der Waals surface area contributed by atoms with Crippen LogP contribution < -0.4 is 5.32 Å². The summed E-state index contributed by atoms with van der Waals surface area (Å²) in [6.45, 7) is 4.44. The highest BCUT2D eigenvalue weighted by molar-refractivity contribution is 5.94. The summed E-state index contributed by atoms with van der Waals surface area (Å²) in [5.41, 5.74) is 1.93. The molecule has 0 aliphatic carbocycles. The molecule has 1 atom stereocenters. The SMILES string of the molecule is CC(C(=O)N1CCC[C@H](C(=O)O)C1)=C1CNC1. The zero-order valence-corrected chi connectivity index (χ0v) is 10.0. The molecule has 2 rings (SSSR count). The fourth-order valence-electron chi connectivity index (χ4n) is 2.27. The van der Waals surface area contributed by atoms with Crippen LogP contribution in [0.25, 0.3) is 0 Å². The van der Waals surface area contributed by atoms with Crippen molar-refractivity contribution in [2.24, 2.45) is 5.92 Å². The van der Waals surface area contributed by atoms with E-state index < -0.39 is 11.9 Å². The number of aliphatic carboxylic acids is 1. The third kappa shape index (κ3) is 2.49. The van der Waals surface area contributed by atoms with Crippen molar-refractivity contribution in [2.75, 3.05) is 26.2 Å². The highest BCUT2D eigenvalue weighted by Gasteiger charge is 2.29. The zero-order chi connectivity index (χ0) is 12.4. The zero-order valence-electron chi connectivity index (χ0n) is 10.0. The third-order valence-electron chi connectivity index (χ3n) is 3.59. The number of nitrogens with zero attached hydrogens (tertiary/aromatic N) is 1. The van der Waals surface area contributed by atoms with Crippen LogP contribution in [-0.4, -0.2) is 48.1 Å². The molecular formula is C12H18N2O3. The number of carbonyl (C=O) groups excluding carboxylic acids is 1. The van der Waals surface area contributed by atoms with Crippen molar-refractivity contribution >= 4 is 11.9 Å². The lowest BCUT2D eigenvalue weighted by atomic mass is 9.96. The lowest BCUT2D eigenvalue weighted by Crippen LogP contribution is -2.44. The average Bonchev–Trinajstić information content (AvgIpc) is 2.25. The Bertz CT molecular complexity index is 370. The number of carbonyl (C=O) groups is 2. The summed E-state index contributed by atoms with van der Waals surface area (Å²) in [5.74, 6) is -1.18. The van der Waals surface area contributed by atoms with Crippen molar-refractivity contribution in [3.63, 3.8) is 0 Å². The van der Waals surface area contributed by atoms with E-state index in [1.54, 1.807) is 4.90 Å². The fourth-order valence-corrected chi connectivity index (χ4v) is 2.27. The Morgan fingerprint density at radius 1 is 1.41 bits per heavy atom. The molecule has 2 aliphatic heterocycles. The van der Waals surface area contributed by atoms with Gasteiger partial charge in [-0.15, -0.1) is 0 Å². The molecular weight excluding hydrogens is 220 g/mol. The molecule has 0 saturated carbocycles. The van der Waals surface area contributed by atoms with Gasteiger partial charge in [0.05, 0.1) is 5.92 Å². The van der Waals surface area contributed by atoms with Gasteiger partial charge in [-0.25, -0.2) is 0 Å². The van der Waals surface area contributed by atoms with Gasteiger partial charge in [0.2, 0.25) is 5.91 Å². The minimum atomic E-state index is -0.793. The van der Waals surface area contributed by atoms with Gasteiger partial charge in [0.15, 0.2) is 0 Å². The Hall–Kier alpha value is -1.36. The number of carboxylic acid groups (broad SMARTS) is 1. The Morgan fingerprint density at radius 2 is 2.12 bits per heavy atom. The van der Waals surface area contributed by atoms with Crippen molar-refractivity contribution in [2.45, 2.75) is 19.8 Å². The van der Waals surface area contributed by atoms with Crippen LogP contribution in [0.5, 0.6) is 0 Å². The van der Waals surface area contributed by atoms with Crippen LogP contribution in [0, 0.1) is 5.92 Å². The van der Waals surface area contributed by atoms with Crippen LogP contribution in [0.2, 0.25) is 0 Å². The standard InChI is InChI=1S/C12H18N2O3/c1-8(10-5-13-6-10)11(15)14-4-2-3-9(7-14)12(16)17/h9,13H,2-7H2,1H3,(H,16,17)/t9-/m0/s1. The number of piperidine rings is 1. The van der Waals surface area contributed by atoms with Crippen LogP contribution in [0.1, 0.15) is 19.8 Å². The molecule has 2 heterocycles. The second-order valence-corrected chi connectivity index (χ2v) is 4.76. The summed E-state index contributed by atoms with van der Waals surface area (Å²) in [6.07, 6.45) is 1.46. The average molecular weight is 238 g/mol. The number of likely N-dealkylation sites (tertiary alicyclic amines) is 1. The minimum Gasteiger partial charge on any atom is -0.481 e. The van der Waals surface area contributed by atoms with Gasteiger partial charge in [-0.1, -0.05) is 0 Å². The minimum absolute atomic E-state index is 0.00690. The largest absolute Gasteiger partial charge is 0.481 e. The van der Waals surface area contributed by atoms with Crippen molar-refractivity contribution in [1.29, 1.82) is 0 Å². The number of rotatable bonds is 2. The molecule has 0 bridgehead atoms. The van der Waals surface area contributed by atoms with E-state index in [0.717, 1.165) is 30.7 Å². The van der Waals surface area contributed by atoms with E-state index in [4.69, 9.17) is 5.11 Å². The summed E-state index contributed by atoms with van der Waals surface area (Å²) in [4.78, 5) is 24.8. The van der Waals surface area contributed by atoms with Crippen LogP contribution in [0.15, 0.2) is 11.1 Å². The number of nitrogens with one attached hydrogen (secondary N) is 1. The van der Waals surface area contributed by atoms with Crippen LogP contribution in [-0.2, 0) is 9.59 Å². The van der Waals surface area contributed by atoms with Crippen LogP contribution >= 0.6 is 0 Å². The number of hydrogen-bond acceptors (Lipinski definition) is 3. The van der Waals surface area contributed by atoms with E-state index in [-0.39, 0.29) is 5.91 Å². The normalized spacial score (nSPS) is 24.2. The molecule has 0 aromatic carbocycles. The fraction of sp³-hybridized carbons (Fsp3) is 0.667. The first-order valence-corrected chi connectivity index (χ1v) is 6.01. The van der Waals surface area contributed by atoms with Crippen LogP contribution in [0.4, 0.5) is 0 Å². The Morgan fingerprint density at radius 3 is 2.65 bits per heavy atom. The Labute approximate surface area is 100 Å². The molecule has 1 amide bonds. The van der Waals surface area contributed by atoms with Crippen molar-refractivity contribution in [3.8, 4) is 0 Å². The quantitative estimate of drug-likeness (QED) is 0.676. The maximum atomic E-state index is 12.1. The molecule has 0 aromatic heterocycles. The van der Waals surface area contributed by atoms with Crippen molar-refractivity contribution < 1.29 is 14.7 Å². The molecule has 5 nitrogen and oxygen atoms in total. The third-order valence-corrected chi connectivity index (χ3v) is 3.59. The lowest BCUT2D eigenvalue weighted by Gasteiger charge is -2.32. The number of hydrogen-bond donors (Lipinski definition) is 2.